The summed E-state index contributed by atoms with van der Waals surface area (Å²) in [6, 6.07) is -0.725. The number of rotatable bonds is 57. The standard InChI is InChI=1S/C72H125NO8/c1-3-5-7-9-11-13-15-17-19-21-22-23-24-25-26-27-28-29-30-31-32-33-34-35-36-37-38-39-40-41-42-43-44-46-48-50-52-54-56-58-60-62-68(76)73-65(64-80-72-71(79)70(78)69(77)67(63-74)81-72)66(75)61-59-57-55-53-51-49-47-45-20-18-16-14-12-10-8-6-4-2/h5,7,11,13,17,19,22-23,25-26,28-29,31-32,34-35,37-38,65-67,69-72,74-75,77-79H,3-4,6,8-10,12,14-16,18,20-21,24,27,30,33,36,39-64H2,1-2H3,(H,73,76)/b7-5-,13-11-,19-17-,23-22-,26-25-,29-28-,32-31-,35-34-,38-37-. The Labute approximate surface area is 497 Å². The van der Waals surface area contributed by atoms with Gasteiger partial charge in [0.2, 0.25) is 5.91 Å². The van der Waals surface area contributed by atoms with Gasteiger partial charge >= 0.3 is 0 Å². The maximum atomic E-state index is 13.1. The molecule has 0 saturated carbocycles. The van der Waals surface area contributed by atoms with E-state index in [0.717, 1.165) is 96.3 Å². The normalized spacial score (nSPS) is 19.1. The number of ether oxygens (including phenoxy) is 2. The van der Waals surface area contributed by atoms with Crippen LogP contribution in [0, 0.1) is 0 Å². The zero-order valence-electron chi connectivity index (χ0n) is 52.0. The van der Waals surface area contributed by atoms with Gasteiger partial charge in [-0.05, 0) is 83.5 Å². The molecular weight excluding hydrogens is 1010 g/mol. The summed E-state index contributed by atoms with van der Waals surface area (Å²) in [5.74, 6) is -0.147. The Morgan fingerprint density at radius 1 is 0.432 bits per heavy atom. The van der Waals surface area contributed by atoms with Crippen molar-refractivity contribution in [2.75, 3.05) is 13.2 Å². The summed E-state index contributed by atoms with van der Waals surface area (Å²) in [6.45, 7) is 3.74. The monoisotopic (exact) mass is 1130 g/mol. The van der Waals surface area contributed by atoms with Crippen molar-refractivity contribution in [3.63, 3.8) is 0 Å². The number of carbonyl (C=O) groups is 1. The Morgan fingerprint density at radius 3 is 1.14 bits per heavy atom. The first-order valence-corrected chi connectivity index (χ1v) is 33.6. The van der Waals surface area contributed by atoms with E-state index in [0.29, 0.717) is 12.8 Å². The Morgan fingerprint density at radius 2 is 0.765 bits per heavy atom. The third-order valence-corrected chi connectivity index (χ3v) is 15.4. The topological polar surface area (TPSA) is 149 Å². The first-order valence-electron chi connectivity index (χ1n) is 33.6. The highest BCUT2D eigenvalue weighted by molar-refractivity contribution is 5.76. The lowest BCUT2D eigenvalue weighted by Crippen LogP contribution is -2.60. The van der Waals surface area contributed by atoms with Gasteiger partial charge in [0.1, 0.15) is 24.4 Å². The molecule has 0 bridgehead atoms. The van der Waals surface area contributed by atoms with E-state index in [9.17, 15) is 30.3 Å². The van der Waals surface area contributed by atoms with E-state index in [4.69, 9.17) is 9.47 Å². The van der Waals surface area contributed by atoms with Crippen LogP contribution < -0.4 is 5.32 Å². The van der Waals surface area contributed by atoms with Gasteiger partial charge in [0.05, 0.1) is 25.4 Å². The molecule has 6 N–H and O–H groups in total. The minimum Gasteiger partial charge on any atom is -0.394 e. The molecular formula is C72H125NO8. The molecule has 1 amide bonds. The van der Waals surface area contributed by atoms with Crippen LogP contribution in [-0.4, -0.2) is 87.5 Å². The van der Waals surface area contributed by atoms with Gasteiger partial charge in [-0.15, -0.1) is 0 Å². The molecule has 0 radical (unpaired) electrons. The van der Waals surface area contributed by atoms with Gasteiger partial charge < -0.3 is 40.3 Å². The summed E-state index contributed by atoms with van der Waals surface area (Å²) in [5, 5.41) is 54.8. The van der Waals surface area contributed by atoms with E-state index >= 15 is 0 Å². The van der Waals surface area contributed by atoms with Crippen LogP contribution in [0.3, 0.4) is 0 Å². The predicted octanol–water partition coefficient (Wildman–Crippen LogP) is 18.1. The molecule has 0 aromatic carbocycles. The largest absolute Gasteiger partial charge is 0.394 e. The van der Waals surface area contributed by atoms with E-state index in [-0.39, 0.29) is 12.5 Å². The molecule has 0 spiro atoms. The smallest absolute Gasteiger partial charge is 0.220 e. The first-order chi connectivity index (χ1) is 39.8. The highest BCUT2D eigenvalue weighted by atomic mass is 16.7. The van der Waals surface area contributed by atoms with E-state index < -0.39 is 49.5 Å². The molecule has 466 valence electrons. The van der Waals surface area contributed by atoms with Crippen LogP contribution in [-0.2, 0) is 14.3 Å². The van der Waals surface area contributed by atoms with Gasteiger partial charge in [0.25, 0.3) is 0 Å². The van der Waals surface area contributed by atoms with E-state index in [1.165, 1.54) is 161 Å². The van der Waals surface area contributed by atoms with Gasteiger partial charge in [0, 0.05) is 6.42 Å². The molecule has 7 unspecified atom stereocenters. The van der Waals surface area contributed by atoms with Crippen LogP contribution in [0.15, 0.2) is 109 Å². The summed E-state index contributed by atoms with van der Waals surface area (Å²) in [7, 11) is 0. The Hall–Kier alpha value is -3.15. The lowest BCUT2D eigenvalue weighted by molar-refractivity contribution is -0.302. The lowest BCUT2D eigenvalue weighted by Gasteiger charge is -2.40. The third kappa shape index (κ3) is 48.9. The molecule has 1 saturated heterocycles. The van der Waals surface area contributed by atoms with Gasteiger partial charge in [-0.1, -0.05) is 303 Å². The van der Waals surface area contributed by atoms with Crippen LogP contribution in [0.1, 0.15) is 284 Å². The molecule has 7 atom stereocenters. The quantitative estimate of drug-likeness (QED) is 0.0261. The van der Waals surface area contributed by atoms with Crippen molar-refractivity contribution in [2.45, 2.75) is 326 Å². The lowest BCUT2D eigenvalue weighted by atomic mass is 9.99. The molecule has 1 fully saturated rings. The zero-order chi connectivity index (χ0) is 58.6. The zero-order valence-corrected chi connectivity index (χ0v) is 52.0. The van der Waals surface area contributed by atoms with Crippen molar-refractivity contribution in [1.29, 1.82) is 0 Å². The first kappa shape index (κ1) is 75.9. The number of allylic oxidation sites excluding steroid dienone is 18. The third-order valence-electron chi connectivity index (χ3n) is 15.4. The number of aliphatic hydroxyl groups excluding tert-OH is 5. The molecule has 0 aliphatic carbocycles. The summed E-state index contributed by atoms with van der Waals surface area (Å²) in [4.78, 5) is 13.1. The molecule has 1 rings (SSSR count). The number of nitrogens with one attached hydrogen (secondary N) is 1. The number of carbonyl (C=O) groups excluding carboxylic acids is 1. The van der Waals surface area contributed by atoms with Crippen LogP contribution in [0.25, 0.3) is 0 Å². The maximum absolute atomic E-state index is 13.1. The number of amides is 1. The summed E-state index contributed by atoms with van der Waals surface area (Å²) >= 11 is 0. The van der Waals surface area contributed by atoms with E-state index in [1.54, 1.807) is 0 Å². The Bertz CT molecular complexity index is 1640. The SMILES string of the molecule is CC/C=C\C/C=C\C/C=C\C/C=C\C/C=C\C/C=C\C/C=C\C/C=C\C/C=C\CCCCCCCCCCCCCCCC(=O)NC(COC1OC(CO)C(O)C(O)C1O)C(O)CCCCCCCCCCCCCCCCCCC. The highest BCUT2D eigenvalue weighted by Gasteiger charge is 2.44. The van der Waals surface area contributed by atoms with Crippen molar-refractivity contribution < 1.29 is 39.8 Å². The van der Waals surface area contributed by atoms with Crippen molar-refractivity contribution >= 4 is 5.91 Å². The van der Waals surface area contributed by atoms with Crippen molar-refractivity contribution in [1.82, 2.24) is 5.32 Å². The minimum atomic E-state index is -1.56. The van der Waals surface area contributed by atoms with E-state index in [1.807, 2.05) is 0 Å². The maximum Gasteiger partial charge on any atom is 0.220 e. The second-order valence-electron chi connectivity index (χ2n) is 22.9. The second-order valence-corrected chi connectivity index (χ2v) is 22.9. The average Bonchev–Trinajstić information content (AvgIpc) is 3.49. The molecule has 9 heteroatoms. The number of aliphatic hydroxyl groups is 5. The van der Waals surface area contributed by atoms with Crippen molar-refractivity contribution in [3.8, 4) is 0 Å². The number of hydrogen-bond donors (Lipinski definition) is 6. The fourth-order valence-electron chi connectivity index (χ4n) is 10.2. The molecule has 9 nitrogen and oxygen atoms in total. The molecule has 1 aliphatic rings. The number of unbranched alkanes of at least 4 members (excludes halogenated alkanes) is 29. The Kier molecular flexibility index (Phi) is 56.2. The average molecular weight is 1130 g/mol. The summed E-state index contributed by atoms with van der Waals surface area (Å²) in [5.41, 5.74) is 0. The highest BCUT2D eigenvalue weighted by Crippen LogP contribution is 2.23. The second kappa shape index (κ2) is 60.0. The van der Waals surface area contributed by atoms with Gasteiger partial charge in [-0.3, -0.25) is 4.79 Å². The van der Waals surface area contributed by atoms with Crippen LogP contribution >= 0.6 is 0 Å². The van der Waals surface area contributed by atoms with Gasteiger partial charge in [-0.2, -0.15) is 0 Å². The fraction of sp³-hybridized carbons (Fsp3) is 0.736. The Balaban J connectivity index is 2.10. The molecule has 0 aromatic rings. The molecule has 81 heavy (non-hydrogen) atoms. The van der Waals surface area contributed by atoms with Crippen LogP contribution in [0.4, 0.5) is 0 Å². The molecule has 0 aromatic heterocycles. The van der Waals surface area contributed by atoms with Crippen LogP contribution in [0.5, 0.6) is 0 Å². The van der Waals surface area contributed by atoms with E-state index in [2.05, 4.69) is 129 Å². The summed E-state index contributed by atoms with van der Waals surface area (Å²) in [6.07, 6.45) is 81.4. The van der Waals surface area contributed by atoms with Crippen molar-refractivity contribution in [3.05, 3.63) is 109 Å². The van der Waals surface area contributed by atoms with Gasteiger partial charge in [-0.25, -0.2) is 0 Å². The fourth-order valence-corrected chi connectivity index (χ4v) is 10.2. The number of hydrogen-bond acceptors (Lipinski definition) is 8. The minimum absolute atomic E-state index is 0.141. The van der Waals surface area contributed by atoms with Gasteiger partial charge in [0.15, 0.2) is 6.29 Å². The predicted molar refractivity (Wildman–Crippen MR) is 345 cm³/mol. The molecule has 1 aliphatic heterocycles. The molecule has 1 heterocycles. The van der Waals surface area contributed by atoms with Crippen LogP contribution in [0.2, 0.25) is 0 Å². The van der Waals surface area contributed by atoms with Crippen molar-refractivity contribution in [2.24, 2.45) is 0 Å². The summed E-state index contributed by atoms with van der Waals surface area (Å²) < 4.78 is 11.3.